The molecule has 0 rings (SSSR count). The summed E-state index contributed by atoms with van der Waals surface area (Å²) in [5.74, 6) is 0. The summed E-state index contributed by atoms with van der Waals surface area (Å²) in [5.41, 5.74) is 0. The monoisotopic (exact) mass is 353 g/mol. The summed E-state index contributed by atoms with van der Waals surface area (Å²) >= 11 is 0. The smallest absolute Gasteiger partial charge is 0.405 e. The molecule has 0 heterocycles. The van der Waals surface area contributed by atoms with E-state index < -0.39 is 33.9 Å². The van der Waals surface area contributed by atoms with Crippen molar-refractivity contribution in [2.45, 2.75) is 78.8 Å². The minimum Gasteiger partial charge on any atom is -0.405 e. The highest BCUT2D eigenvalue weighted by molar-refractivity contribution is 6.89. The summed E-state index contributed by atoms with van der Waals surface area (Å²) in [6, 6.07) is 0.283. The Kier molecular flexibility index (Phi) is 7.10. The van der Waals surface area contributed by atoms with Crippen LogP contribution in [0.1, 0.15) is 13.8 Å². The predicted octanol–water partition coefficient (Wildman–Crippen LogP) is 3.97. The zero-order valence-electron chi connectivity index (χ0n) is 15.3. The second kappa shape index (κ2) is 6.86. The van der Waals surface area contributed by atoms with Gasteiger partial charge in [-0.25, -0.2) is 0 Å². The Morgan fingerprint density at radius 3 is 1.00 bits per heavy atom. The third-order valence-electron chi connectivity index (χ3n) is 1.79. The van der Waals surface area contributed by atoms with Crippen molar-refractivity contribution in [3.05, 3.63) is 0 Å². The molecule has 4 nitrogen and oxygen atoms in total. The molecule has 0 aromatic heterocycles. The third kappa shape index (κ3) is 10.4. The van der Waals surface area contributed by atoms with Crippen molar-refractivity contribution < 1.29 is 12.3 Å². The van der Waals surface area contributed by atoms with E-state index in [0.29, 0.717) is 0 Å². The molecule has 20 heavy (non-hydrogen) atoms. The Hall–Kier alpha value is 0.708. The minimum absolute atomic E-state index is 0.283. The van der Waals surface area contributed by atoms with E-state index in [0.717, 1.165) is 0 Å². The van der Waals surface area contributed by atoms with Gasteiger partial charge in [0.15, 0.2) is 25.0 Å². The Labute approximate surface area is 130 Å². The van der Waals surface area contributed by atoms with Crippen LogP contribution >= 0.6 is 0 Å². The number of hydrogen-bond acceptors (Lipinski definition) is 4. The van der Waals surface area contributed by atoms with Gasteiger partial charge in [0, 0.05) is 6.04 Å². The maximum atomic E-state index is 6.48. The molecule has 1 N–H and O–H groups in total. The molecule has 0 amide bonds. The highest BCUT2D eigenvalue weighted by Crippen LogP contribution is 2.24. The molecular weight excluding hydrogens is 318 g/mol. The SMILES string of the molecule is CC(C)N[Si](O[Si](C)(C)C)(O[Si](C)(C)C)O[Si](C)(C)C. The first-order valence-electron chi connectivity index (χ1n) is 7.42. The van der Waals surface area contributed by atoms with E-state index in [9.17, 15) is 0 Å². The molecule has 0 spiro atoms. The maximum absolute atomic E-state index is 6.48. The highest BCUT2D eigenvalue weighted by atomic mass is 28.5. The van der Waals surface area contributed by atoms with E-state index in [1.807, 2.05) is 0 Å². The average Bonchev–Trinajstić information content (AvgIpc) is 1.86. The van der Waals surface area contributed by atoms with Crippen LogP contribution < -0.4 is 4.98 Å². The minimum atomic E-state index is -2.83. The molecular formula is C12H35NO3Si4. The lowest BCUT2D eigenvalue weighted by atomic mass is 10.4. The van der Waals surface area contributed by atoms with Crippen molar-refractivity contribution in [2.75, 3.05) is 0 Å². The molecule has 122 valence electrons. The molecule has 0 atom stereocenters. The lowest BCUT2D eigenvalue weighted by Crippen LogP contribution is -2.70. The molecule has 8 heteroatoms. The van der Waals surface area contributed by atoms with Crippen LogP contribution in [0, 0.1) is 0 Å². The van der Waals surface area contributed by atoms with Crippen molar-refractivity contribution in [1.29, 1.82) is 0 Å². The van der Waals surface area contributed by atoms with E-state index in [2.05, 4.69) is 77.8 Å². The van der Waals surface area contributed by atoms with Gasteiger partial charge in [-0.1, -0.05) is 13.8 Å². The quantitative estimate of drug-likeness (QED) is 0.670. The van der Waals surface area contributed by atoms with Crippen molar-refractivity contribution in [1.82, 2.24) is 4.98 Å². The van der Waals surface area contributed by atoms with Crippen molar-refractivity contribution >= 4 is 33.9 Å². The number of nitrogens with one attached hydrogen (secondary N) is 1. The van der Waals surface area contributed by atoms with Gasteiger partial charge in [0.1, 0.15) is 0 Å². The molecule has 0 aliphatic rings. The van der Waals surface area contributed by atoms with Gasteiger partial charge in [-0.2, -0.15) is 0 Å². The zero-order valence-corrected chi connectivity index (χ0v) is 19.3. The summed E-state index contributed by atoms with van der Waals surface area (Å²) in [5, 5.41) is 0. The second-order valence-electron chi connectivity index (χ2n) is 8.50. The third-order valence-corrected chi connectivity index (χ3v) is 13.3. The topological polar surface area (TPSA) is 39.7 Å². The van der Waals surface area contributed by atoms with E-state index in [4.69, 9.17) is 12.3 Å². The molecule has 0 radical (unpaired) electrons. The molecule has 0 aromatic carbocycles. The van der Waals surface area contributed by atoms with Crippen molar-refractivity contribution in [3.8, 4) is 0 Å². The van der Waals surface area contributed by atoms with E-state index in [1.54, 1.807) is 0 Å². The second-order valence-corrected chi connectivity index (χ2v) is 25.0. The van der Waals surface area contributed by atoms with Gasteiger partial charge in [0.05, 0.1) is 0 Å². The van der Waals surface area contributed by atoms with Crippen LogP contribution in [-0.4, -0.2) is 40.0 Å². The van der Waals surface area contributed by atoms with Crippen LogP contribution in [0.2, 0.25) is 58.9 Å². The molecule has 0 fully saturated rings. The Balaban J connectivity index is 5.50. The summed E-state index contributed by atoms with van der Waals surface area (Å²) in [7, 11) is -8.13. The van der Waals surface area contributed by atoms with Gasteiger partial charge in [0.25, 0.3) is 0 Å². The summed E-state index contributed by atoms with van der Waals surface area (Å²) < 4.78 is 19.4. The standard InChI is InChI=1S/C12H35NO3Si4/c1-12(2)13-20(14-17(3,4)5,15-18(6,7)8)16-19(9,10)11/h12-13H,1-11H3. The first-order valence-corrected chi connectivity index (χ1v) is 19.4. The van der Waals surface area contributed by atoms with Crippen LogP contribution in [-0.2, 0) is 12.3 Å². The normalized spacial score (nSPS) is 15.0. The zero-order chi connectivity index (χ0) is 16.4. The summed E-state index contributed by atoms with van der Waals surface area (Å²) in [6.45, 7) is 24.0. The Bertz CT molecular complexity index is 265. The molecule has 0 unspecified atom stereocenters. The first kappa shape index (κ1) is 20.7. The molecule has 0 aliphatic carbocycles. The first-order chi connectivity index (χ1) is 8.54. The highest BCUT2D eigenvalue weighted by Gasteiger charge is 2.51. The van der Waals surface area contributed by atoms with E-state index in [-0.39, 0.29) is 6.04 Å². The largest absolute Gasteiger partial charge is 0.565 e. The maximum Gasteiger partial charge on any atom is 0.565 e. The van der Waals surface area contributed by atoms with Crippen LogP contribution in [0.5, 0.6) is 0 Å². The van der Waals surface area contributed by atoms with E-state index >= 15 is 0 Å². The summed E-state index contributed by atoms with van der Waals surface area (Å²) in [4.78, 5) is 3.54. The van der Waals surface area contributed by atoms with Gasteiger partial charge in [-0.05, 0) is 58.9 Å². The van der Waals surface area contributed by atoms with Gasteiger partial charge >= 0.3 is 8.97 Å². The molecule has 0 saturated heterocycles. The van der Waals surface area contributed by atoms with Crippen LogP contribution in [0.3, 0.4) is 0 Å². The molecule has 0 aromatic rings. The van der Waals surface area contributed by atoms with Gasteiger partial charge in [0.2, 0.25) is 0 Å². The van der Waals surface area contributed by atoms with Crippen molar-refractivity contribution in [2.24, 2.45) is 0 Å². The number of rotatable bonds is 8. The Morgan fingerprint density at radius 2 is 0.850 bits per heavy atom. The van der Waals surface area contributed by atoms with Crippen molar-refractivity contribution in [3.63, 3.8) is 0 Å². The lowest BCUT2D eigenvalue weighted by molar-refractivity contribution is 0.228. The lowest BCUT2D eigenvalue weighted by Gasteiger charge is -2.43. The van der Waals surface area contributed by atoms with Crippen LogP contribution in [0.15, 0.2) is 0 Å². The fourth-order valence-electron chi connectivity index (χ4n) is 1.71. The van der Waals surface area contributed by atoms with Gasteiger partial charge in [-0.15, -0.1) is 0 Å². The molecule has 0 aliphatic heterocycles. The molecule has 0 saturated carbocycles. The van der Waals surface area contributed by atoms with Crippen LogP contribution in [0.4, 0.5) is 0 Å². The van der Waals surface area contributed by atoms with E-state index in [1.165, 1.54) is 0 Å². The molecule has 0 bridgehead atoms. The fourth-order valence-corrected chi connectivity index (χ4v) is 14.4. The average molecular weight is 354 g/mol. The van der Waals surface area contributed by atoms with Crippen LogP contribution in [0.25, 0.3) is 0 Å². The predicted molar refractivity (Wildman–Crippen MR) is 97.3 cm³/mol. The summed E-state index contributed by atoms with van der Waals surface area (Å²) in [6.07, 6.45) is 0. The Morgan fingerprint density at radius 1 is 0.600 bits per heavy atom. The fraction of sp³-hybridized carbons (Fsp3) is 1.00. The number of hydrogen-bond donors (Lipinski definition) is 1. The van der Waals surface area contributed by atoms with Gasteiger partial charge in [-0.3, -0.25) is 4.98 Å². The van der Waals surface area contributed by atoms with Gasteiger partial charge < -0.3 is 12.3 Å².